The molecule has 112 heavy (non-hydrogen) atoms. The summed E-state index contributed by atoms with van der Waals surface area (Å²) in [6, 6.07) is 89.0. The Morgan fingerprint density at radius 1 is 0.304 bits per heavy atom. The molecule has 0 aliphatic carbocycles. The van der Waals surface area contributed by atoms with Crippen molar-refractivity contribution in [2.75, 3.05) is 0 Å². The number of rotatable bonds is 21. The number of hydrogen-bond acceptors (Lipinski definition) is 12. The molecule has 6 N–H and O–H groups in total. The Morgan fingerprint density at radius 2 is 0.554 bits per heavy atom. The molecular formula is C97H115Ir3N6O6-3. The van der Waals surface area contributed by atoms with E-state index < -0.39 is 12.2 Å². The van der Waals surface area contributed by atoms with Crippen molar-refractivity contribution in [1.29, 1.82) is 0 Å². The molecule has 0 bridgehead atoms. The summed E-state index contributed by atoms with van der Waals surface area (Å²) in [7, 11) is 0. The van der Waals surface area contributed by atoms with E-state index in [0.717, 1.165) is 140 Å². The van der Waals surface area contributed by atoms with E-state index in [-0.39, 0.29) is 103 Å². The van der Waals surface area contributed by atoms with E-state index in [9.17, 15) is 20.4 Å². The van der Waals surface area contributed by atoms with E-state index in [1.54, 1.807) is 0 Å². The zero-order chi connectivity index (χ0) is 78.0. The molecule has 12 aromatic rings. The Labute approximate surface area is 709 Å². The van der Waals surface area contributed by atoms with Gasteiger partial charge in [0.2, 0.25) is 0 Å². The van der Waals surface area contributed by atoms with Gasteiger partial charge in [-0.1, -0.05) is 270 Å². The van der Waals surface area contributed by atoms with Crippen LogP contribution in [0.2, 0.25) is 0 Å². The molecule has 0 fully saturated rings. The van der Waals surface area contributed by atoms with Gasteiger partial charge in [0.25, 0.3) is 0 Å². The molecule has 12 nitrogen and oxygen atoms in total. The molecule has 3 heterocycles. The zero-order valence-corrected chi connectivity index (χ0v) is 73.6. The monoisotopic (exact) mass is 2040 g/mol. The second-order valence-electron chi connectivity index (χ2n) is 29.4. The molecule has 0 aliphatic heterocycles. The van der Waals surface area contributed by atoms with Gasteiger partial charge in [0, 0.05) is 119 Å². The maximum absolute atomic E-state index is 9.76. The van der Waals surface area contributed by atoms with E-state index in [2.05, 4.69) is 148 Å². The van der Waals surface area contributed by atoms with E-state index in [1.807, 2.05) is 215 Å². The third kappa shape index (κ3) is 32.4. The predicted octanol–water partition coefficient (Wildman–Crippen LogP) is 22.2. The minimum absolute atomic E-state index is 0. The first-order valence-electron chi connectivity index (χ1n) is 37.9. The molecular weight excluding hydrogens is 1920 g/mol. The first kappa shape index (κ1) is 98.1. The molecule has 15 heteroatoms. The maximum atomic E-state index is 9.76. The summed E-state index contributed by atoms with van der Waals surface area (Å²) < 4.78 is 0. The van der Waals surface area contributed by atoms with Crippen LogP contribution >= 0.6 is 0 Å². The fraction of sp³-hybridized carbons (Fsp3) is 0.320. The molecule has 599 valence electrons. The molecule has 6 unspecified atom stereocenters. The maximum Gasteiger partial charge on any atom is 0.0873 e. The Morgan fingerprint density at radius 3 is 0.777 bits per heavy atom. The Balaban J connectivity index is 0.000000360. The summed E-state index contributed by atoms with van der Waals surface area (Å²) in [5.41, 5.74) is 20.4. The first-order valence-corrected chi connectivity index (χ1v) is 37.9. The number of aryl methyl sites for hydroxylation is 3. The van der Waals surface area contributed by atoms with Crippen LogP contribution in [0.3, 0.4) is 0 Å². The first-order chi connectivity index (χ1) is 51.9. The summed E-state index contributed by atoms with van der Waals surface area (Å²) in [6.45, 7) is 26.0. The summed E-state index contributed by atoms with van der Waals surface area (Å²) >= 11 is 0. The third-order valence-electron chi connectivity index (χ3n) is 18.1. The van der Waals surface area contributed by atoms with Crippen LogP contribution in [-0.4, -0.2) is 97.2 Å². The average molecular weight is 2040 g/mol. The molecule has 0 amide bonds. The minimum atomic E-state index is -0.443. The Bertz CT molecular complexity index is 4070. The minimum Gasteiger partial charge on any atom is -0.393 e. The van der Waals surface area contributed by atoms with Crippen LogP contribution in [-0.2, 0) is 60.3 Å². The van der Waals surface area contributed by atoms with Gasteiger partial charge >= 0.3 is 0 Å². The molecule has 0 aliphatic rings. The van der Waals surface area contributed by atoms with Gasteiger partial charge in [-0.3, -0.25) is 15.0 Å². The number of aliphatic hydroxyl groups excluding tert-OH is 6. The quantitative estimate of drug-likeness (QED) is 0.0373. The van der Waals surface area contributed by atoms with Gasteiger partial charge < -0.3 is 45.6 Å². The summed E-state index contributed by atoms with van der Waals surface area (Å²) in [5.74, 6) is 0. The van der Waals surface area contributed by atoms with Gasteiger partial charge in [-0.05, 0) is 86.8 Å². The summed E-state index contributed by atoms with van der Waals surface area (Å²) in [4.78, 5) is 29.0. The van der Waals surface area contributed by atoms with Crippen LogP contribution in [0.25, 0.3) is 101 Å². The number of nitrogens with zero attached hydrogens (tertiary/aromatic N) is 6. The molecule has 3 radical (unpaired) electrons. The average Bonchev–Trinajstić information content (AvgIpc) is 0.807. The van der Waals surface area contributed by atoms with Crippen molar-refractivity contribution in [3.63, 3.8) is 0 Å². The predicted molar refractivity (Wildman–Crippen MR) is 452 cm³/mol. The van der Waals surface area contributed by atoms with Crippen LogP contribution in [0.5, 0.6) is 0 Å². The fourth-order valence-electron chi connectivity index (χ4n) is 11.1. The third-order valence-corrected chi connectivity index (χ3v) is 18.1. The van der Waals surface area contributed by atoms with Gasteiger partial charge in [-0.15, -0.1) is 108 Å². The largest absolute Gasteiger partial charge is 0.393 e. The summed E-state index contributed by atoms with van der Waals surface area (Å²) in [6.07, 6.45) is 9.96. The van der Waals surface area contributed by atoms with E-state index in [4.69, 9.17) is 40.1 Å². The Hall–Kier alpha value is -8.07. The number of aliphatic hydroxyl groups is 6. The van der Waals surface area contributed by atoms with Crippen molar-refractivity contribution < 1.29 is 91.0 Å². The normalized spacial score (nSPS) is 12.2. The Kier molecular flexibility index (Phi) is 44.6. The van der Waals surface area contributed by atoms with Crippen molar-refractivity contribution in [2.45, 2.75) is 192 Å². The standard InChI is InChI=1S/3C23H17N2.C11H24O2.C9H20O2.C7H16O2.CH4.3Ir/c3*1-17-12-14-18(15-13-17)21-16-24-22(19-8-4-2-5-9-19)23(25-21)20-10-6-3-7-11-20;1-10(2,3)8(12)7-9(13)11(4,5)6;1-3-5-8(10)7-9(11)6-4-2;1-3-6(8)5-7(9)4-2;;;;/h3*2-8,10-16H,1H3;8-9,12-13H,7H2,1-6H3;8-11H,3-7H2,1-2H3;6-9H,3-5H2,1-2H3;1H4;;;/q3*-1;;;;;;;. The van der Waals surface area contributed by atoms with Gasteiger partial charge in [-0.2, -0.15) is 0 Å². The van der Waals surface area contributed by atoms with E-state index in [1.165, 1.54) is 16.7 Å². The fourth-order valence-corrected chi connectivity index (χ4v) is 11.1. The SMILES string of the molecule is C.CC(C)(C)C(O)CC(O)C(C)(C)C.CCC(O)CC(O)CC.CCCC(O)CC(O)CCC.Cc1ccc(-c2cnc(-c3[c-]cccc3)c(-c3ccccc3)n2)cc1.Cc1ccc(-c2cnc(-c3[c-]cccc3)c(-c3ccccc3)n2)cc1.Cc1ccc(-c2cnc(-c3[c-]cccc3)c(-c3ccccc3)n2)cc1.[Ir].[Ir].[Ir]. The van der Waals surface area contributed by atoms with Crippen molar-refractivity contribution in [2.24, 2.45) is 10.8 Å². The zero-order valence-electron chi connectivity index (χ0n) is 66.4. The number of benzene rings is 9. The topological polar surface area (TPSA) is 199 Å². The molecule has 6 atom stereocenters. The molecule has 0 saturated heterocycles. The van der Waals surface area contributed by atoms with Gasteiger partial charge in [0.1, 0.15) is 0 Å². The van der Waals surface area contributed by atoms with Crippen LogP contribution in [0.1, 0.15) is 151 Å². The molecule has 0 spiro atoms. The molecule has 9 aromatic carbocycles. The van der Waals surface area contributed by atoms with Crippen LogP contribution in [0, 0.1) is 49.8 Å². The molecule has 12 rings (SSSR count). The smallest absolute Gasteiger partial charge is 0.0873 e. The van der Waals surface area contributed by atoms with Crippen LogP contribution in [0.15, 0.2) is 255 Å². The van der Waals surface area contributed by atoms with E-state index in [0.29, 0.717) is 19.3 Å². The van der Waals surface area contributed by atoms with Crippen molar-refractivity contribution in [3.05, 3.63) is 290 Å². The molecule has 0 saturated carbocycles. The number of hydrogen-bond donors (Lipinski definition) is 6. The molecule has 3 aromatic heterocycles. The van der Waals surface area contributed by atoms with Gasteiger partial charge in [0.15, 0.2) is 0 Å². The number of aromatic nitrogens is 6. The van der Waals surface area contributed by atoms with Crippen LogP contribution in [0.4, 0.5) is 0 Å². The van der Waals surface area contributed by atoms with Crippen molar-refractivity contribution >= 4 is 0 Å². The van der Waals surface area contributed by atoms with E-state index >= 15 is 0 Å². The summed E-state index contributed by atoms with van der Waals surface area (Å²) in [5, 5.41) is 56.1. The second-order valence-corrected chi connectivity index (χ2v) is 29.4. The van der Waals surface area contributed by atoms with Gasteiger partial charge in [-0.25, -0.2) is 0 Å². The van der Waals surface area contributed by atoms with Gasteiger partial charge in [0.05, 0.1) is 70.8 Å². The van der Waals surface area contributed by atoms with Crippen molar-refractivity contribution in [3.8, 4) is 101 Å². The van der Waals surface area contributed by atoms with Crippen LogP contribution < -0.4 is 0 Å². The second kappa shape index (κ2) is 50.9. The van der Waals surface area contributed by atoms with Crippen molar-refractivity contribution in [1.82, 2.24) is 29.9 Å².